The Hall–Kier alpha value is -0.650. The van der Waals surface area contributed by atoms with E-state index in [-0.39, 0.29) is 18.1 Å². The minimum absolute atomic E-state index is 0.00533. The number of carbonyl (C=O) groups is 1. The molecular formula is C10H20N2O3. The van der Waals surface area contributed by atoms with Gasteiger partial charge in [-0.05, 0) is 14.0 Å². The summed E-state index contributed by atoms with van der Waals surface area (Å²) >= 11 is 0. The molecular weight excluding hydrogens is 196 g/mol. The van der Waals surface area contributed by atoms with E-state index in [1.165, 1.54) is 0 Å². The number of likely N-dealkylation sites (tertiary alicyclic amines) is 1. The summed E-state index contributed by atoms with van der Waals surface area (Å²) in [5.41, 5.74) is 0. The summed E-state index contributed by atoms with van der Waals surface area (Å²) in [4.78, 5) is 13.4. The summed E-state index contributed by atoms with van der Waals surface area (Å²) in [6, 6.07) is 0. The molecule has 0 radical (unpaired) electrons. The van der Waals surface area contributed by atoms with Gasteiger partial charge in [0.25, 0.3) is 0 Å². The fraction of sp³-hybridized carbons (Fsp3) is 0.900. The molecule has 0 spiro atoms. The fourth-order valence-electron chi connectivity index (χ4n) is 1.81. The molecule has 5 nitrogen and oxygen atoms in total. The third kappa shape index (κ3) is 3.15. The summed E-state index contributed by atoms with van der Waals surface area (Å²) in [5, 5.41) is 2.85. The maximum absolute atomic E-state index is 11.6. The number of nitrogens with zero attached hydrogens (tertiary/aromatic N) is 1. The van der Waals surface area contributed by atoms with Crippen LogP contribution in [0.1, 0.15) is 6.92 Å². The van der Waals surface area contributed by atoms with E-state index >= 15 is 0 Å². The monoisotopic (exact) mass is 216 g/mol. The average Bonchev–Trinajstić information content (AvgIpc) is 2.62. The molecule has 1 N–H and O–H groups in total. The number of nitrogens with one attached hydrogen (secondary N) is 1. The summed E-state index contributed by atoms with van der Waals surface area (Å²) in [7, 11) is 3.42. The minimum Gasteiger partial charge on any atom is -0.377 e. The number of hydrogen-bond donors (Lipinski definition) is 1. The number of hydrogen-bond acceptors (Lipinski definition) is 4. The molecule has 1 fully saturated rings. The van der Waals surface area contributed by atoms with Gasteiger partial charge in [-0.25, -0.2) is 0 Å². The predicted molar refractivity (Wildman–Crippen MR) is 56.7 cm³/mol. The molecule has 0 aromatic heterocycles. The Labute approximate surface area is 90.7 Å². The van der Waals surface area contributed by atoms with Crippen molar-refractivity contribution in [2.24, 2.45) is 0 Å². The highest BCUT2D eigenvalue weighted by atomic mass is 16.5. The van der Waals surface area contributed by atoms with Crippen LogP contribution in [0, 0.1) is 0 Å². The van der Waals surface area contributed by atoms with Crippen molar-refractivity contribution in [1.29, 1.82) is 0 Å². The summed E-state index contributed by atoms with van der Waals surface area (Å²) in [6.07, 6.45) is 0.0200. The van der Waals surface area contributed by atoms with Crippen molar-refractivity contribution >= 4 is 5.91 Å². The zero-order valence-corrected chi connectivity index (χ0v) is 9.66. The molecule has 1 amide bonds. The van der Waals surface area contributed by atoms with Crippen LogP contribution in [0.15, 0.2) is 0 Å². The molecule has 1 heterocycles. The second-order valence-corrected chi connectivity index (χ2v) is 3.60. The lowest BCUT2D eigenvalue weighted by molar-refractivity contribution is -0.129. The number of likely N-dealkylation sites (N-methyl/N-ethyl adjacent to an activating group) is 1. The van der Waals surface area contributed by atoms with Gasteiger partial charge in [-0.1, -0.05) is 0 Å². The van der Waals surface area contributed by atoms with Crippen molar-refractivity contribution in [2.75, 3.05) is 40.4 Å². The minimum atomic E-state index is 0.00533. The third-order valence-corrected chi connectivity index (χ3v) is 2.58. The Morgan fingerprint density at radius 3 is 2.67 bits per heavy atom. The van der Waals surface area contributed by atoms with E-state index < -0.39 is 0 Å². The van der Waals surface area contributed by atoms with E-state index in [4.69, 9.17) is 9.47 Å². The molecule has 0 unspecified atom stereocenters. The van der Waals surface area contributed by atoms with Gasteiger partial charge in [0.1, 0.15) is 12.2 Å². The number of amides is 1. The van der Waals surface area contributed by atoms with Crippen LogP contribution in [0.2, 0.25) is 0 Å². The van der Waals surface area contributed by atoms with Gasteiger partial charge in [-0.2, -0.15) is 0 Å². The first-order chi connectivity index (χ1) is 7.22. The van der Waals surface area contributed by atoms with Crippen molar-refractivity contribution in [3.8, 4) is 0 Å². The molecule has 0 aromatic rings. The normalized spacial score (nSPS) is 25.9. The first kappa shape index (κ1) is 12.4. The van der Waals surface area contributed by atoms with E-state index in [2.05, 4.69) is 5.32 Å². The van der Waals surface area contributed by atoms with Gasteiger partial charge in [0.2, 0.25) is 5.91 Å². The summed E-state index contributed by atoms with van der Waals surface area (Å²) < 4.78 is 10.8. The van der Waals surface area contributed by atoms with Crippen LogP contribution in [0.3, 0.4) is 0 Å². The number of rotatable bonds is 5. The zero-order chi connectivity index (χ0) is 11.3. The lowest BCUT2D eigenvalue weighted by atomic mass is 10.2. The molecule has 0 aliphatic carbocycles. The molecule has 0 aromatic carbocycles. The molecule has 5 heteroatoms. The Balaban J connectivity index is 2.48. The van der Waals surface area contributed by atoms with Gasteiger partial charge >= 0.3 is 0 Å². The van der Waals surface area contributed by atoms with Crippen LogP contribution < -0.4 is 5.32 Å². The smallest absolute Gasteiger partial charge is 0.236 e. The van der Waals surface area contributed by atoms with Gasteiger partial charge in [0, 0.05) is 26.8 Å². The Morgan fingerprint density at radius 2 is 2.13 bits per heavy atom. The molecule has 88 valence electrons. The molecule has 0 saturated carbocycles. The molecule has 15 heavy (non-hydrogen) atoms. The predicted octanol–water partition coefficient (Wildman–Crippen LogP) is -0.532. The second kappa shape index (κ2) is 6.05. The van der Waals surface area contributed by atoms with Gasteiger partial charge in [0.05, 0.1) is 6.54 Å². The van der Waals surface area contributed by atoms with Gasteiger partial charge in [0.15, 0.2) is 0 Å². The average molecular weight is 216 g/mol. The van der Waals surface area contributed by atoms with Crippen LogP contribution >= 0.6 is 0 Å². The molecule has 1 aliphatic heterocycles. The SMILES string of the molecule is CCO[C@H]1CN(C(=O)CNC)C[C@H]1OC. The van der Waals surface area contributed by atoms with Crippen LogP contribution in [0.5, 0.6) is 0 Å². The van der Waals surface area contributed by atoms with Crippen molar-refractivity contribution in [2.45, 2.75) is 19.1 Å². The summed E-state index contributed by atoms with van der Waals surface area (Å²) in [6.45, 7) is 4.23. The highest BCUT2D eigenvalue weighted by Gasteiger charge is 2.35. The Bertz CT molecular complexity index is 211. The Morgan fingerprint density at radius 1 is 1.47 bits per heavy atom. The van der Waals surface area contributed by atoms with Gasteiger partial charge < -0.3 is 19.7 Å². The standard InChI is InChI=1S/C10H20N2O3/c1-4-15-9-7-12(6-8(9)14-3)10(13)5-11-2/h8-9,11H,4-7H2,1-3H3/t8-,9+/m1/s1. The van der Waals surface area contributed by atoms with Gasteiger partial charge in [-0.3, -0.25) is 4.79 Å². The molecule has 2 atom stereocenters. The van der Waals surface area contributed by atoms with Gasteiger partial charge in [-0.15, -0.1) is 0 Å². The highest BCUT2D eigenvalue weighted by molar-refractivity contribution is 5.78. The highest BCUT2D eigenvalue weighted by Crippen LogP contribution is 2.16. The molecule has 1 saturated heterocycles. The number of carbonyl (C=O) groups excluding carboxylic acids is 1. The molecule has 1 rings (SSSR count). The molecule has 0 bridgehead atoms. The first-order valence-electron chi connectivity index (χ1n) is 5.29. The number of methoxy groups -OCH3 is 1. The lowest BCUT2D eigenvalue weighted by Crippen LogP contribution is -2.36. The third-order valence-electron chi connectivity index (χ3n) is 2.58. The van der Waals surface area contributed by atoms with Crippen LogP contribution in [-0.2, 0) is 14.3 Å². The first-order valence-corrected chi connectivity index (χ1v) is 5.29. The van der Waals surface area contributed by atoms with Crippen molar-refractivity contribution in [1.82, 2.24) is 10.2 Å². The van der Waals surface area contributed by atoms with E-state index in [9.17, 15) is 4.79 Å². The lowest BCUT2D eigenvalue weighted by Gasteiger charge is -2.15. The maximum atomic E-state index is 11.6. The van der Waals surface area contributed by atoms with E-state index in [1.807, 2.05) is 6.92 Å². The largest absolute Gasteiger partial charge is 0.377 e. The fourth-order valence-corrected chi connectivity index (χ4v) is 1.81. The van der Waals surface area contributed by atoms with Crippen LogP contribution in [0.25, 0.3) is 0 Å². The zero-order valence-electron chi connectivity index (χ0n) is 9.66. The van der Waals surface area contributed by atoms with Crippen LogP contribution in [-0.4, -0.2) is 63.4 Å². The second-order valence-electron chi connectivity index (χ2n) is 3.60. The van der Waals surface area contributed by atoms with Crippen molar-refractivity contribution in [3.05, 3.63) is 0 Å². The van der Waals surface area contributed by atoms with Crippen molar-refractivity contribution in [3.63, 3.8) is 0 Å². The molecule has 1 aliphatic rings. The van der Waals surface area contributed by atoms with E-state index in [0.29, 0.717) is 26.2 Å². The topological polar surface area (TPSA) is 50.8 Å². The van der Waals surface area contributed by atoms with Crippen LogP contribution in [0.4, 0.5) is 0 Å². The maximum Gasteiger partial charge on any atom is 0.236 e. The number of ether oxygens (including phenoxy) is 2. The van der Waals surface area contributed by atoms with E-state index in [1.54, 1.807) is 19.1 Å². The summed E-state index contributed by atoms with van der Waals surface area (Å²) in [5.74, 6) is 0.0988. The van der Waals surface area contributed by atoms with Crippen molar-refractivity contribution < 1.29 is 14.3 Å². The Kier molecular flexibility index (Phi) is 5.01. The van der Waals surface area contributed by atoms with E-state index in [0.717, 1.165) is 0 Å². The quantitative estimate of drug-likeness (QED) is 0.671.